The Kier molecular flexibility index (Phi) is 5.73. The van der Waals surface area contributed by atoms with Gasteiger partial charge in [0.05, 0.1) is 35.1 Å². The predicted molar refractivity (Wildman–Crippen MR) is 105 cm³/mol. The van der Waals surface area contributed by atoms with Crippen molar-refractivity contribution in [3.05, 3.63) is 57.8 Å². The summed E-state index contributed by atoms with van der Waals surface area (Å²) in [6, 6.07) is 5.41. The summed E-state index contributed by atoms with van der Waals surface area (Å²) in [7, 11) is 1.57. The van der Waals surface area contributed by atoms with Crippen LogP contribution in [0.5, 0.6) is 0 Å². The van der Waals surface area contributed by atoms with Crippen LogP contribution in [0.1, 0.15) is 29.8 Å². The number of anilines is 1. The van der Waals surface area contributed by atoms with Crippen molar-refractivity contribution in [2.75, 3.05) is 5.32 Å². The quantitative estimate of drug-likeness (QED) is 0.739. The van der Waals surface area contributed by atoms with Crippen LogP contribution in [0.15, 0.2) is 35.4 Å². The van der Waals surface area contributed by atoms with Crippen molar-refractivity contribution in [1.82, 2.24) is 14.3 Å². The molecule has 2 aromatic rings. The molecule has 0 aromatic carbocycles. The smallest absolute Gasteiger partial charge is 0.251 e. The second-order valence-electron chi connectivity index (χ2n) is 6.98. The van der Waals surface area contributed by atoms with Crippen LogP contribution in [0.25, 0.3) is 0 Å². The number of carbonyl (C=O) groups excluding carboxylic acids is 1. The third-order valence-corrected chi connectivity index (χ3v) is 5.96. The van der Waals surface area contributed by atoms with Gasteiger partial charge in [-0.2, -0.15) is 5.26 Å². The number of carbonyl (C=O) groups is 1. The second kappa shape index (κ2) is 7.93. The Morgan fingerprint density at radius 2 is 2.17 bits per heavy atom. The summed E-state index contributed by atoms with van der Waals surface area (Å²) in [5.41, 5.74) is 1.12. The largest absolute Gasteiger partial charge is 0.324 e. The Balaban J connectivity index is 1.88. The summed E-state index contributed by atoms with van der Waals surface area (Å²) in [6.45, 7) is 2.42. The van der Waals surface area contributed by atoms with Gasteiger partial charge >= 0.3 is 0 Å². The van der Waals surface area contributed by atoms with Gasteiger partial charge < -0.3 is 9.88 Å². The first kappa shape index (κ1) is 21.0. The van der Waals surface area contributed by atoms with Crippen LogP contribution in [0.2, 0.25) is 0 Å². The Morgan fingerprint density at radius 1 is 1.45 bits per heavy atom. The van der Waals surface area contributed by atoms with Crippen molar-refractivity contribution in [2.24, 2.45) is 13.0 Å². The third kappa shape index (κ3) is 4.31. The number of hydrogen-bond donors (Lipinski definition) is 2. The Morgan fingerprint density at radius 3 is 2.79 bits per heavy atom. The SMILES string of the molecule is Cc1ncc(NC(=O)C2SNC(c3ccn(C)c(=O)c3)C2C(C)(F)F)cc1C#N. The Bertz CT molecular complexity index is 1040. The fourth-order valence-electron chi connectivity index (χ4n) is 3.20. The number of aryl methyl sites for hydroxylation is 2. The molecule has 0 radical (unpaired) electrons. The van der Waals surface area contributed by atoms with Crippen molar-refractivity contribution in [3.63, 3.8) is 0 Å². The number of amides is 1. The van der Waals surface area contributed by atoms with Gasteiger partial charge in [-0.05, 0) is 31.5 Å². The average molecular weight is 419 g/mol. The minimum atomic E-state index is -3.19. The molecule has 0 spiro atoms. The molecule has 29 heavy (non-hydrogen) atoms. The molecule has 10 heteroatoms. The number of aromatic nitrogens is 2. The summed E-state index contributed by atoms with van der Waals surface area (Å²) in [4.78, 5) is 28.7. The highest BCUT2D eigenvalue weighted by Crippen LogP contribution is 2.47. The van der Waals surface area contributed by atoms with Gasteiger partial charge in [0.1, 0.15) is 11.3 Å². The Hall–Kier alpha value is -2.77. The molecule has 0 aliphatic carbocycles. The zero-order chi connectivity index (χ0) is 21.3. The number of rotatable bonds is 4. The van der Waals surface area contributed by atoms with Crippen LogP contribution in [0.3, 0.4) is 0 Å². The average Bonchev–Trinajstić information content (AvgIpc) is 3.11. The molecule has 2 aromatic heterocycles. The highest BCUT2D eigenvalue weighted by Gasteiger charge is 2.53. The zero-order valence-electron chi connectivity index (χ0n) is 15.9. The molecule has 1 amide bonds. The molecule has 3 atom stereocenters. The lowest BCUT2D eigenvalue weighted by atomic mass is 9.86. The van der Waals surface area contributed by atoms with E-state index in [0.717, 1.165) is 18.9 Å². The van der Waals surface area contributed by atoms with E-state index in [1.807, 2.05) is 6.07 Å². The maximum absolute atomic E-state index is 14.5. The number of nitrogens with zero attached hydrogens (tertiary/aromatic N) is 3. The minimum Gasteiger partial charge on any atom is -0.324 e. The molecule has 0 saturated carbocycles. The first-order valence-corrected chi connectivity index (χ1v) is 9.63. The van der Waals surface area contributed by atoms with E-state index in [-0.39, 0.29) is 16.8 Å². The maximum Gasteiger partial charge on any atom is 0.251 e. The minimum absolute atomic E-state index is 0.257. The van der Waals surface area contributed by atoms with Crippen LogP contribution in [0, 0.1) is 24.2 Å². The number of nitrogens with one attached hydrogen (secondary N) is 2. The normalized spacial score (nSPS) is 21.6. The number of alkyl halides is 2. The first-order chi connectivity index (χ1) is 13.6. The predicted octanol–water partition coefficient (Wildman–Crippen LogP) is 2.53. The summed E-state index contributed by atoms with van der Waals surface area (Å²) in [6.07, 6.45) is 2.88. The highest BCUT2D eigenvalue weighted by atomic mass is 32.2. The summed E-state index contributed by atoms with van der Waals surface area (Å²) >= 11 is 0.894. The van der Waals surface area contributed by atoms with Gasteiger partial charge in [-0.1, -0.05) is 11.9 Å². The fraction of sp³-hybridized carbons (Fsp3) is 0.368. The summed E-state index contributed by atoms with van der Waals surface area (Å²) < 4.78 is 33.2. The standard InChI is InChI=1S/C19H19F2N5O2S/c1-10-12(8-22)6-13(9-23-10)24-18(28)17-15(19(2,20)21)16(25-29-17)11-4-5-26(3)14(27)7-11/h4-7,9,15-17,25H,1-3H3,(H,24,28). The molecule has 1 fully saturated rings. The second-order valence-corrected chi connectivity index (χ2v) is 7.96. The third-order valence-electron chi connectivity index (χ3n) is 4.81. The first-order valence-electron chi connectivity index (χ1n) is 8.75. The van der Waals surface area contributed by atoms with Crippen molar-refractivity contribution in [2.45, 2.75) is 31.1 Å². The summed E-state index contributed by atoms with van der Waals surface area (Å²) in [5.74, 6) is -5.20. The maximum atomic E-state index is 14.5. The topological polar surface area (TPSA) is 99.8 Å². The lowest BCUT2D eigenvalue weighted by Gasteiger charge is -2.28. The number of pyridine rings is 2. The number of halogens is 2. The van der Waals surface area contributed by atoms with E-state index in [9.17, 15) is 18.4 Å². The van der Waals surface area contributed by atoms with Crippen LogP contribution in [0.4, 0.5) is 14.5 Å². The molecule has 0 bridgehead atoms. The van der Waals surface area contributed by atoms with Gasteiger partial charge in [0.2, 0.25) is 5.91 Å². The molecule has 1 aliphatic heterocycles. The van der Waals surface area contributed by atoms with Crippen LogP contribution >= 0.6 is 11.9 Å². The van der Waals surface area contributed by atoms with Gasteiger partial charge in [-0.3, -0.25) is 19.3 Å². The zero-order valence-corrected chi connectivity index (χ0v) is 16.8. The van der Waals surface area contributed by atoms with Gasteiger partial charge in [-0.15, -0.1) is 0 Å². The van der Waals surface area contributed by atoms with E-state index in [1.165, 1.54) is 29.1 Å². The molecule has 3 heterocycles. The van der Waals surface area contributed by atoms with E-state index in [2.05, 4.69) is 15.0 Å². The molecule has 7 nitrogen and oxygen atoms in total. The Labute approximate surface area is 170 Å². The molecular weight excluding hydrogens is 400 g/mol. The highest BCUT2D eigenvalue weighted by molar-refractivity contribution is 7.99. The van der Waals surface area contributed by atoms with Crippen LogP contribution < -0.4 is 15.6 Å². The van der Waals surface area contributed by atoms with Crippen molar-refractivity contribution < 1.29 is 13.6 Å². The molecule has 3 rings (SSSR count). The molecule has 152 valence electrons. The lowest BCUT2D eigenvalue weighted by Crippen LogP contribution is -2.41. The van der Waals surface area contributed by atoms with Crippen molar-refractivity contribution in [1.29, 1.82) is 5.26 Å². The van der Waals surface area contributed by atoms with Crippen molar-refractivity contribution >= 4 is 23.5 Å². The lowest BCUT2D eigenvalue weighted by molar-refractivity contribution is -0.120. The summed E-state index contributed by atoms with van der Waals surface area (Å²) in [5, 5.41) is 10.5. The van der Waals surface area contributed by atoms with Gasteiger partial charge in [0, 0.05) is 19.3 Å². The molecular formula is C19H19F2N5O2S. The molecule has 2 N–H and O–H groups in total. The van der Waals surface area contributed by atoms with Gasteiger partial charge in [0.15, 0.2) is 0 Å². The van der Waals surface area contributed by atoms with E-state index in [4.69, 9.17) is 5.26 Å². The fourth-order valence-corrected chi connectivity index (χ4v) is 4.49. The van der Waals surface area contributed by atoms with E-state index in [0.29, 0.717) is 11.3 Å². The number of nitriles is 1. The van der Waals surface area contributed by atoms with E-state index >= 15 is 0 Å². The van der Waals surface area contributed by atoms with E-state index < -0.39 is 29.0 Å². The van der Waals surface area contributed by atoms with Gasteiger partial charge in [0.25, 0.3) is 11.5 Å². The van der Waals surface area contributed by atoms with Crippen LogP contribution in [-0.2, 0) is 11.8 Å². The van der Waals surface area contributed by atoms with Crippen molar-refractivity contribution in [3.8, 4) is 6.07 Å². The van der Waals surface area contributed by atoms with Gasteiger partial charge in [-0.25, -0.2) is 8.78 Å². The molecule has 1 aliphatic rings. The number of hydrogen-bond acceptors (Lipinski definition) is 6. The van der Waals surface area contributed by atoms with Crippen LogP contribution in [-0.4, -0.2) is 26.6 Å². The monoisotopic (exact) mass is 419 g/mol. The molecule has 1 saturated heterocycles. The molecule has 3 unspecified atom stereocenters. The van der Waals surface area contributed by atoms with E-state index in [1.54, 1.807) is 20.0 Å².